The fourth-order valence-corrected chi connectivity index (χ4v) is 1.50. The SMILES string of the molecule is CCC(=Cc1cc(Cl)ccc1OC(F)F)CO. The van der Waals surface area contributed by atoms with Gasteiger partial charge >= 0.3 is 6.61 Å². The second-order valence-corrected chi connectivity index (χ2v) is 3.81. The Morgan fingerprint density at radius 3 is 2.76 bits per heavy atom. The number of benzene rings is 1. The predicted octanol–water partition coefficient (Wildman–Crippen LogP) is 3.73. The summed E-state index contributed by atoms with van der Waals surface area (Å²) in [5.74, 6) is 0.0452. The molecule has 0 aromatic heterocycles. The summed E-state index contributed by atoms with van der Waals surface area (Å²) >= 11 is 5.79. The van der Waals surface area contributed by atoms with E-state index in [1.165, 1.54) is 18.2 Å². The van der Waals surface area contributed by atoms with Crippen LogP contribution in [0.25, 0.3) is 6.08 Å². The lowest BCUT2D eigenvalue weighted by Gasteiger charge is -2.09. The zero-order valence-electron chi connectivity index (χ0n) is 9.29. The lowest BCUT2D eigenvalue weighted by atomic mass is 10.1. The number of aliphatic hydroxyl groups excluding tert-OH is 1. The number of hydrogen-bond acceptors (Lipinski definition) is 2. The quantitative estimate of drug-likeness (QED) is 0.876. The van der Waals surface area contributed by atoms with Crippen molar-refractivity contribution in [2.45, 2.75) is 20.0 Å². The molecule has 1 aromatic rings. The highest BCUT2D eigenvalue weighted by Gasteiger charge is 2.09. The molecule has 0 aliphatic heterocycles. The van der Waals surface area contributed by atoms with Gasteiger partial charge in [-0.15, -0.1) is 0 Å². The summed E-state index contributed by atoms with van der Waals surface area (Å²) in [6, 6.07) is 4.37. The first-order chi connectivity index (χ1) is 8.06. The molecule has 1 aromatic carbocycles. The molecule has 0 saturated carbocycles. The van der Waals surface area contributed by atoms with Crippen LogP contribution in [0, 0.1) is 0 Å². The molecule has 1 rings (SSSR count). The van der Waals surface area contributed by atoms with Crippen molar-refractivity contribution in [3.05, 3.63) is 34.4 Å². The molecule has 17 heavy (non-hydrogen) atoms. The van der Waals surface area contributed by atoms with Gasteiger partial charge in [-0.05, 0) is 36.3 Å². The fourth-order valence-electron chi connectivity index (χ4n) is 1.31. The largest absolute Gasteiger partial charge is 0.434 e. The Kier molecular flexibility index (Phi) is 5.38. The molecular weight excluding hydrogens is 250 g/mol. The van der Waals surface area contributed by atoms with Gasteiger partial charge in [-0.2, -0.15) is 8.78 Å². The molecule has 2 nitrogen and oxygen atoms in total. The van der Waals surface area contributed by atoms with Crippen LogP contribution >= 0.6 is 11.6 Å². The number of hydrogen-bond donors (Lipinski definition) is 1. The second-order valence-electron chi connectivity index (χ2n) is 3.37. The zero-order valence-corrected chi connectivity index (χ0v) is 10.0. The molecule has 5 heteroatoms. The van der Waals surface area contributed by atoms with Crippen LogP contribution in [-0.2, 0) is 0 Å². The Balaban J connectivity index is 3.10. The van der Waals surface area contributed by atoms with Gasteiger partial charge in [-0.3, -0.25) is 0 Å². The summed E-state index contributed by atoms with van der Waals surface area (Å²) in [6.45, 7) is -1.15. The first-order valence-electron chi connectivity index (χ1n) is 5.11. The Hall–Kier alpha value is -1.13. The van der Waals surface area contributed by atoms with Gasteiger partial charge in [0.1, 0.15) is 5.75 Å². The van der Waals surface area contributed by atoms with E-state index in [-0.39, 0.29) is 12.4 Å². The normalized spacial score (nSPS) is 12.0. The molecule has 1 N–H and O–H groups in total. The van der Waals surface area contributed by atoms with Crippen molar-refractivity contribution < 1.29 is 18.6 Å². The van der Waals surface area contributed by atoms with Gasteiger partial charge in [0.15, 0.2) is 0 Å². The molecule has 0 spiro atoms. The van der Waals surface area contributed by atoms with E-state index in [0.29, 0.717) is 22.6 Å². The number of ether oxygens (including phenoxy) is 1. The van der Waals surface area contributed by atoms with E-state index >= 15 is 0 Å². The first-order valence-corrected chi connectivity index (χ1v) is 5.49. The molecule has 0 atom stereocenters. The molecule has 0 aliphatic rings. The van der Waals surface area contributed by atoms with Crippen molar-refractivity contribution in [1.82, 2.24) is 0 Å². The maximum Gasteiger partial charge on any atom is 0.387 e. The molecule has 0 aliphatic carbocycles. The molecule has 0 heterocycles. The summed E-state index contributed by atoms with van der Waals surface area (Å²) in [4.78, 5) is 0. The second kappa shape index (κ2) is 6.57. The van der Waals surface area contributed by atoms with Crippen molar-refractivity contribution in [3.8, 4) is 5.75 Å². The van der Waals surface area contributed by atoms with E-state index in [1.807, 2.05) is 6.92 Å². The number of rotatable bonds is 5. The smallest absolute Gasteiger partial charge is 0.387 e. The van der Waals surface area contributed by atoms with Gasteiger partial charge in [0.25, 0.3) is 0 Å². The summed E-state index contributed by atoms with van der Waals surface area (Å²) in [5.41, 5.74) is 1.15. The van der Waals surface area contributed by atoms with Gasteiger partial charge < -0.3 is 9.84 Å². The van der Waals surface area contributed by atoms with Gasteiger partial charge in [0.05, 0.1) is 6.61 Å². The standard InChI is InChI=1S/C12H13ClF2O2/c1-2-8(7-16)5-9-6-10(13)3-4-11(9)17-12(14)15/h3-6,12,16H,2,7H2,1H3. The lowest BCUT2D eigenvalue weighted by Crippen LogP contribution is -2.03. The Bertz CT molecular complexity index is 399. The van der Waals surface area contributed by atoms with Crippen LogP contribution in [0.15, 0.2) is 23.8 Å². The van der Waals surface area contributed by atoms with E-state index in [2.05, 4.69) is 4.74 Å². The third-order valence-electron chi connectivity index (χ3n) is 2.20. The minimum atomic E-state index is -2.89. The zero-order chi connectivity index (χ0) is 12.8. The van der Waals surface area contributed by atoms with Crippen LogP contribution in [0.5, 0.6) is 5.75 Å². The van der Waals surface area contributed by atoms with Crippen LogP contribution in [0.4, 0.5) is 8.78 Å². The number of alkyl halides is 2. The Morgan fingerprint density at radius 2 is 2.24 bits per heavy atom. The molecule has 94 valence electrons. The van der Waals surface area contributed by atoms with Gasteiger partial charge in [0, 0.05) is 10.6 Å². The molecule has 0 saturated heterocycles. The van der Waals surface area contributed by atoms with Crippen molar-refractivity contribution in [3.63, 3.8) is 0 Å². The van der Waals surface area contributed by atoms with Gasteiger partial charge in [-0.1, -0.05) is 18.5 Å². The van der Waals surface area contributed by atoms with Crippen molar-refractivity contribution in [2.75, 3.05) is 6.61 Å². The minimum Gasteiger partial charge on any atom is -0.434 e. The van der Waals surface area contributed by atoms with Crippen LogP contribution in [0.1, 0.15) is 18.9 Å². The average Bonchev–Trinajstić information content (AvgIpc) is 2.28. The topological polar surface area (TPSA) is 29.5 Å². The van der Waals surface area contributed by atoms with Crippen molar-refractivity contribution >= 4 is 17.7 Å². The third-order valence-corrected chi connectivity index (χ3v) is 2.44. The first kappa shape index (κ1) is 13.9. The average molecular weight is 263 g/mol. The van der Waals surface area contributed by atoms with E-state index in [0.717, 1.165) is 0 Å². The molecule has 0 amide bonds. The molecule has 0 radical (unpaired) electrons. The van der Waals surface area contributed by atoms with Crippen molar-refractivity contribution in [1.29, 1.82) is 0 Å². The highest BCUT2D eigenvalue weighted by atomic mass is 35.5. The summed E-state index contributed by atoms with van der Waals surface area (Å²) < 4.78 is 28.7. The number of aliphatic hydroxyl groups is 1. The highest BCUT2D eigenvalue weighted by molar-refractivity contribution is 6.30. The molecule has 0 fully saturated rings. The molecule has 0 unspecified atom stereocenters. The minimum absolute atomic E-state index is 0.0452. The third kappa shape index (κ3) is 4.32. The van der Waals surface area contributed by atoms with Crippen molar-refractivity contribution in [2.24, 2.45) is 0 Å². The highest BCUT2D eigenvalue weighted by Crippen LogP contribution is 2.27. The van der Waals surface area contributed by atoms with E-state index in [1.54, 1.807) is 6.08 Å². The van der Waals surface area contributed by atoms with Crippen LogP contribution in [0.3, 0.4) is 0 Å². The number of halogens is 3. The van der Waals surface area contributed by atoms with E-state index < -0.39 is 6.61 Å². The summed E-state index contributed by atoms with van der Waals surface area (Å²) in [5, 5.41) is 9.46. The fraction of sp³-hybridized carbons (Fsp3) is 0.333. The summed E-state index contributed by atoms with van der Waals surface area (Å²) in [7, 11) is 0. The van der Waals surface area contributed by atoms with Crippen LogP contribution in [0.2, 0.25) is 5.02 Å². The van der Waals surface area contributed by atoms with Crippen LogP contribution < -0.4 is 4.74 Å². The molecular formula is C12H13ClF2O2. The van der Waals surface area contributed by atoms with Gasteiger partial charge in [-0.25, -0.2) is 0 Å². The maximum atomic E-state index is 12.2. The predicted molar refractivity (Wildman–Crippen MR) is 63.4 cm³/mol. The van der Waals surface area contributed by atoms with Gasteiger partial charge in [0.2, 0.25) is 0 Å². The summed E-state index contributed by atoms with van der Waals surface area (Å²) in [6.07, 6.45) is 2.22. The molecule has 0 bridgehead atoms. The van der Waals surface area contributed by atoms with Crippen LogP contribution in [-0.4, -0.2) is 18.3 Å². The maximum absolute atomic E-state index is 12.2. The Labute approximate surface area is 103 Å². The Morgan fingerprint density at radius 1 is 1.53 bits per heavy atom. The van der Waals surface area contributed by atoms with E-state index in [4.69, 9.17) is 16.7 Å². The lowest BCUT2D eigenvalue weighted by molar-refractivity contribution is -0.0499. The monoisotopic (exact) mass is 262 g/mol. The van der Waals surface area contributed by atoms with E-state index in [9.17, 15) is 8.78 Å².